The lowest BCUT2D eigenvalue weighted by atomic mass is 10.0. The lowest BCUT2D eigenvalue weighted by molar-refractivity contribution is -0.141. The molecule has 3 N–H and O–H groups in total. The Bertz CT molecular complexity index is 879. The summed E-state index contributed by atoms with van der Waals surface area (Å²) in [6, 6.07) is 10.7. The number of para-hydroxylation sites is 1. The van der Waals surface area contributed by atoms with Crippen molar-refractivity contribution in [1.29, 1.82) is 0 Å². The van der Waals surface area contributed by atoms with Crippen LogP contribution < -0.4 is 15.4 Å². The van der Waals surface area contributed by atoms with E-state index in [0.717, 1.165) is 11.1 Å². The Morgan fingerprint density at radius 3 is 2.43 bits per heavy atom. The van der Waals surface area contributed by atoms with Crippen LogP contribution in [0.1, 0.15) is 40.0 Å². The van der Waals surface area contributed by atoms with Crippen LogP contribution in [-0.2, 0) is 9.59 Å². The van der Waals surface area contributed by atoms with Crippen LogP contribution in [0.4, 0.5) is 0 Å². The predicted molar refractivity (Wildman–Crippen MR) is 104 cm³/mol. The van der Waals surface area contributed by atoms with Crippen LogP contribution in [0, 0.1) is 13.8 Å². The molecule has 1 unspecified atom stereocenters. The van der Waals surface area contributed by atoms with Gasteiger partial charge in [0.1, 0.15) is 5.75 Å². The van der Waals surface area contributed by atoms with Crippen LogP contribution in [0.15, 0.2) is 42.5 Å². The van der Waals surface area contributed by atoms with E-state index in [1.165, 1.54) is 0 Å². The minimum Gasteiger partial charge on any atom is -0.493 e. The topological polar surface area (TPSA) is 105 Å². The number of aliphatic carboxylic acids is 1. The molecule has 0 aliphatic rings. The number of ether oxygens (including phenoxy) is 1. The summed E-state index contributed by atoms with van der Waals surface area (Å²) in [6.45, 7) is 5.65. The number of carbonyl (C=O) groups excluding carboxylic acids is 2. The van der Waals surface area contributed by atoms with Gasteiger partial charge in [0.25, 0.3) is 5.91 Å². The first kappa shape index (κ1) is 21.0. The third-order valence-corrected chi connectivity index (χ3v) is 4.26. The van der Waals surface area contributed by atoms with Crippen LogP contribution in [0.3, 0.4) is 0 Å². The van der Waals surface area contributed by atoms with Crippen molar-refractivity contribution in [3.63, 3.8) is 0 Å². The van der Waals surface area contributed by atoms with Crippen molar-refractivity contribution in [3.05, 3.63) is 64.7 Å². The van der Waals surface area contributed by atoms with Crippen molar-refractivity contribution in [1.82, 2.24) is 10.6 Å². The van der Waals surface area contributed by atoms with E-state index in [4.69, 9.17) is 4.74 Å². The summed E-state index contributed by atoms with van der Waals surface area (Å²) >= 11 is 0. The van der Waals surface area contributed by atoms with E-state index < -0.39 is 23.8 Å². The molecule has 0 spiro atoms. The number of carboxylic acids is 1. The molecule has 1 atom stereocenters. The third kappa shape index (κ3) is 5.33. The summed E-state index contributed by atoms with van der Waals surface area (Å²) < 4.78 is 5.40. The zero-order valence-electron chi connectivity index (χ0n) is 16.1. The molecule has 0 aliphatic carbocycles. The van der Waals surface area contributed by atoms with Gasteiger partial charge in [-0.1, -0.05) is 30.3 Å². The summed E-state index contributed by atoms with van der Waals surface area (Å²) in [6.07, 6.45) is 0. The quantitative estimate of drug-likeness (QED) is 0.648. The number of hydrogen-bond donors (Lipinski definition) is 3. The fourth-order valence-corrected chi connectivity index (χ4v) is 2.64. The van der Waals surface area contributed by atoms with Crippen LogP contribution in [0.5, 0.6) is 5.75 Å². The standard InChI is InChI=1S/C21H24N2O5/c1-4-28-17-8-6-5-7-16(17)20(25)22-12-18(24)23-19(21(26)27)15-10-9-13(2)14(3)11-15/h5-11,19H,4,12H2,1-3H3,(H,22,25)(H,23,24)(H,26,27). The number of carboxylic acid groups (broad SMARTS) is 1. The largest absolute Gasteiger partial charge is 0.493 e. The van der Waals surface area contributed by atoms with Crippen LogP contribution in [-0.4, -0.2) is 36.0 Å². The molecular formula is C21H24N2O5. The van der Waals surface area contributed by atoms with E-state index >= 15 is 0 Å². The van der Waals surface area contributed by atoms with E-state index in [2.05, 4.69) is 10.6 Å². The summed E-state index contributed by atoms with van der Waals surface area (Å²) in [5, 5.41) is 14.4. The highest BCUT2D eigenvalue weighted by molar-refractivity contribution is 5.99. The Labute approximate surface area is 163 Å². The minimum absolute atomic E-state index is 0.307. The molecular weight excluding hydrogens is 360 g/mol. The molecule has 0 aliphatic heterocycles. The molecule has 2 amide bonds. The average molecular weight is 384 g/mol. The Hall–Kier alpha value is -3.35. The first-order valence-electron chi connectivity index (χ1n) is 8.92. The van der Waals surface area contributed by atoms with Crippen molar-refractivity contribution in [2.45, 2.75) is 26.8 Å². The Morgan fingerprint density at radius 2 is 1.79 bits per heavy atom. The maximum atomic E-state index is 12.3. The third-order valence-electron chi connectivity index (χ3n) is 4.26. The number of amides is 2. The van der Waals surface area contributed by atoms with Gasteiger partial charge in [-0.2, -0.15) is 0 Å². The number of aryl methyl sites for hydroxylation is 2. The number of carbonyl (C=O) groups is 3. The van der Waals surface area contributed by atoms with Gasteiger partial charge < -0.3 is 20.5 Å². The first-order chi connectivity index (χ1) is 13.3. The lowest BCUT2D eigenvalue weighted by Gasteiger charge is -2.16. The maximum Gasteiger partial charge on any atom is 0.330 e. The van der Waals surface area contributed by atoms with Crippen LogP contribution in [0.25, 0.3) is 0 Å². The van der Waals surface area contributed by atoms with Gasteiger partial charge in [0.05, 0.1) is 18.7 Å². The Kier molecular flexibility index (Phi) is 7.14. The molecule has 0 aromatic heterocycles. The molecule has 28 heavy (non-hydrogen) atoms. The summed E-state index contributed by atoms with van der Waals surface area (Å²) in [4.78, 5) is 36.1. The summed E-state index contributed by atoms with van der Waals surface area (Å²) in [5.74, 6) is -1.84. The second-order valence-electron chi connectivity index (χ2n) is 6.29. The van der Waals surface area contributed by atoms with E-state index in [-0.39, 0.29) is 6.54 Å². The van der Waals surface area contributed by atoms with Gasteiger partial charge >= 0.3 is 5.97 Å². The molecule has 7 nitrogen and oxygen atoms in total. The van der Waals surface area contributed by atoms with Crippen LogP contribution >= 0.6 is 0 Å². The van der Waals surface area contributed by atoms with Crippen molar-refractivity contribution in [3.8, 4) is 5.75 Å². The van der Waals surface area contributed by atoms with Gasteiger partial charge in [0, 0.05) is 0 Å². The van der Waals surface area contributed by atoms with Gasteiger partial charge in [0.15, 0.2) is 6.04 Å². The molecule has 0 fully saturated rings. The first-order valence-corrected chi connectivity index (χ1v) is 8.92. The highest BCUT2D eigenvalue weighted by atomic mass is 16.5. The summed E-state index contributed by atoms with van der Waals surface area (Å²) in [5.41, 5.74) is 2.73. The second-order valence-corrected chi connectivity index (χ2v) is 6.29. The van der Waals surface area contributed by atoms with E-state index in [9.17, 15) is 19.5 Å². The smallest absolute Gasteiger partial charge is 0.330 e. The lowest BCUT2D eigenvalue weighted by Crippen LogP contribution is -2.41. The minimum atomic E-state index is -1.19. The zero-order valence-corrected chi connectivity index (χ0v) is 16.1. The summed E-state index contributed by atoms with van der Waals surface area (Å²) in [7, 11) is 0. The predicted octanol–water partition coefficient (Wildman–Crippen LogP) is 2.37. The molecule has 0 saturated carbocycles. The molecule has 2 aromatic rings. The van der Waals surface area contributed by atoms with Gasteiger partial charge in [-0.25, -0.2) is 4.79 Å². The molecule has 2 rings (SSSR count). The fraction of sp³-hybridized carbons (Fsp3) is 0.286. The van der Waals surface area contributed by atoms with E-state index in [1.54, 1.807) is 49.4 Å². The molecule has 7 heteroatoms. The number of rotatable bonds is 8. The van der Waals surface area contributed by atoms with Crippen molar-refractivity contribution in [2.24, 2.45) is 0 Å². The zero-order chi connectivity index (χ0) is 20.7. The molecule has 0 saturated heterocycles. The molecule has 2 aromatic carbocycles. The van der Waals surface area contributed by atoms with Gasteiger partial charge in [-0.05, 0) is 49.6 Å². The Morgan fingerprint density at radius 1 is 1.07 bits per heavy atom. The van der Waals surface area contributed by atoms with Crippen molar-refractivity contribution in [2.75, 3.05) is 13.2 Å². The SMILES string of the molecule is CCOc1ccccc1C(=O)NCC(=O)NC(C(=O)O)c1ccc(C)c(C)c1. The van der Waals surface area contributed by atoms with Gasteiger partial charge in [0.2, 0.25) is 5.91 Å². The maximum absolute atomic E-state index is 12.3. The Balaban J connectivity index is 2.02. The van der Waals surface area contributed by atoms with Gasteiger partial charge in [-0.15, -0.1) is 0 Å². The highest BCUT2D eigenvalue weighted by Gasteiger charge is 2.23. The molecule has 0 heterocycles. The molecule has 148 valence electrons. The van der Waals surface area contributed by atoms with Crippen LogP contribution in [0.2, 0.25) is 0 Å². The fourth-order valence-electron chi connectivity index (χ4n) is 2.64. The van der Waals surface area contributed by atoms with Crippen molar-refractivity contribution >= 4 is 17.8 Å². The highest BCUT2D eigenvalue weighted by Crippen LogP contribution is 2.18. The number of hydrogen-bond acceptors (Lipinski definition) is 4. The van der Waals surface area contributed by atoms with E-state index in [0.29, 0.717) is 23.5 Å². The molecule has 0 bridgehead atoms. The number of benzene rings is 2. The molecule has 0 radical (unpaired) electrons. The monoisotopic (exact) mass is 384 g/mol. The van der Waals surface area contributed by atoms with E-state index in [1.807, 2.05) is 13.8 Å². The van der Waals surface area contributed by atoms with Crippen molar-refractivity contribution < 1.29 is 24.2 Å². The number of nitrogens with one attached hydrogen (secondary N) is 2. The van der Waals surface area contributed by atoms with Gasteiger partial charge in [-0.3, -0.25) is 9.59 Å². The normalized spacial score (nSPS) is 11.4. The second kappa shape index (κ2) is 9.55. The average Bonchev–Trinajstić information content (AvgIpc) is 2.67.